The minimum absolute atomic E-state index is 0.0617. The smallest absolute Gasteiger partial charge is 0.317 e. The number of piperazine rings is 1. The maximum absolute atomic E-state index is 13.0. The van der Waals surface area contributed by atoms with Crippen LogP contribution >= 0.6 is 0 Å². The van der Waals surface area contributed by atoms with Crippen LogP contribution in [-0.4, -0.2) is 50.2 Å². The monoisotopic (exact) mass is 382 g/mol. The standard InChI is InChI=1S/C22H27FN4O/c23-19-5-3-18(4-6-19)17-24-22(28)27-15-13-26(14-16-27)21-9-7-20(8-10-21)25-11-1-2-12-25/h3-10H,1-2,11-17H2,(H,24,28). The van der Waals surface area contributed by atoms with Gasteiger partial charge in [-0.1, -0.05) is 12.1 Å². The zero-order valence-corrected chi connectivity index (χ0v) is 16.1. The number of hydrogen-bond donors (Lipinski definition) is 1. The highest BCUT2D eigenvalue weighted by molar-refractivity contribution is 5.74. The van der Waals surface area contributed by atoms with Crippen molar-refractivity contribution in [1.82, 2.24) is 10.2 Å². The highest BCUT2D eigenvalue weighted by Crippen LogP contribution is 2.24. The Morgan fingerprint density at radius 1 is 0.786 bits per heavy atom. The highest BCUT2D eigenvalue weighted by Gasteiger charge is 2.21. The predicted molar refractivity (Wildman–Crippen MR) is 110 cm³/mol. The second-order valence-electron chi connectivity index (χ2n) is 7.47. The zero-order chi connectivity index (χ0) is 19.3. The Morgan fingerprint density at radius 2 is 1.32 bits per heavy atom. The van der Waals surface area contributed by atoms with Crippen LogP contribution in [0.3, 0.4) is 0 Å². The van der Waals surface area contributed by atoms with E-state index in [1.165, 1.54) is 36.3 Å². The molecule has 148 valence electrons. The predicted octanol–water partition coefficient (Wildman–Crippen LogP) is 3.46. The Bertz CT molecular complexity index is 779. The Labute approximate surface area is 165 Å². The molecule has 28 heavy (non-hydrogen) atoms. The van der Waals surface area contributed by atoms with Crippen LogP contribution in [0, 0.1) is 5.82 Å². The third-order valence-corrected chi connectivity index (χ3v) is 5.61. The van der Waals surface area contributed by atoms with Gasteiger partial charge in [-0.3, -0.25) is 0 Å². The molecule has 0 radical (unpaired) electrons. The normalized spacial score (nSPS) is 17.1. The summed E-state index contributed by atoms with van der Waals surface area (Å²) < 4.78 is 13.0. The number of nitrogens with zero attached hydrogens (tertiary/aromatic N) is 3. The molecule has 5 nitrogen and oxygen atoms in total. The number of hydrogen-bond acceptors (Lipinski definition) is 3. The van der Waals surface area contributed by atoms with Gasteiger partial charge in [0, 0.05) is 57.2 Å². The van der Waals surface area contributed by atoms with E-state index in [-0.39, 0.29) is 11.8 Å². The molecular weight excluding hydrogens is 355 g/mol. The van der Waals surface area contributed by atoms with E-state index in [0.29, 0.717) is 19.6 Å². The topological polar surface area (TPSA) is 38.8 Å². The quantitative estimate of drug-likeness (QED) is 0.880. The van der Waals surface area contributed by atoms with E-state index in [1.807, 2.05) is 4.90 Å². The Balaban J connectivity index is 1.25. The first-order valence-corrected chi connectivity index (χ1v) is 10.1. The summed E-state index contributed by atoms with van der Waals surface area (Å²) in [6.07, 6.45) is 2.57. The van der Waals surface area contributed by atoms with Crippen molar-refractivity contribution in [2.45, 2.75) is 19.4 Å². The summed E-state index contributed by atoms with van der Waals surface area (Å²) in [5, 5.41) is 2.92. The van der Waals surface area contributed by atoms with E-state index in [0.717, 1.165) is 31.7 Å². The Morgan fingerprint density at radius 3 is 1.89 bits per heavy atom. The molecule has 1 N–H and O–H groups in total. The number of benzene rings is 2. The van der Waals surface area contributed by atoms with Crippen molar-refractivity contribution in [3.8, 4) is 0 Å². The molecule has 6 heteroatoms. The highest BCUT2D eigenvalue weighted by atomic mass is 19.1. The average Bonchev–Trinajstić information content (AvgIpc) is 3.28. The molecule has 2 aromatic rings. The van der Waals surface area contributed by atoms with Crippen LogP contribution < -0.4 is 15.1 Å². The summed E-state index contributed by atoms with van der Waals surface area (Å²) in [7, 11) is 0. The number of rotatable bonds is 4. The van der Waals surface area contributed by atoms with Crippen LogP contribution in [0.2, 0.25) is 0 Å². The minimum atomic E-state index is -0.264. The maximum atomic E-state index is 13.0. The summed E-state index contributed by atoms with van der Waals surface area (Å²) in [6, 6.07) is 15.0. The second-order valence-corrected chi connectivity index (χ2v) is 7.47. The molecule has 4 rings (SSSR count). The van der Waals surface area contributed by atoms with E-state index in [9.17, 15) is 9.18 Å². The third-order valence-electron chi connectivity index (χ3n) is 5.61. The van der Waals surface area contributed by atoms with E-state index in [2.05, 4.69) is 39.4 Å². The molecule has 0 aromatic heterocycles. The van der Waals surface area contributed by atoms with E-state index >= 15 is 0 Å². The number of nitrogens with one attached hydrogen (secondary N) is 1. The van der Waals surface area contributed by atoms with Gasteiger partial charge >= 0.3 is 6.03 Å². The fourth-order valence-electron chi connectivity index (χ4n) is 3.91. The van der Waals surface area contributed by atoms with E-state index < -0.39 is 0 Å². The van der Waals surface area contributed by atoms with Gasteiger partial charge in [0.1, 0.15) is 5.82 Å². The molecule has 2 aliphatic rings. The van der Waals surface area contributed by atoms with Gasteiger partial charge in [0.15, 0.2) is 0 Å². The van der Waals surface area contributed by atoms with E-state index in [4.69, 9.17) is 0 Å². The molecule has 0 saturated carbocycles. The number of urea groups is 1. The first-order valence-electron chi connectivity index (χ1n) is 10.1. The van der Waals surface area contributed by atoms with Gasteiger partial charge in [-0.15, -0.1) is 0 Å². The number of carbonyl (C=O) groups excluding carboxylic acids is 1. The third kappa shape index (κ3) is 4.38. The van der Waals surface area contributed by atoms with E-state index in [1.54, 1.807) is 12.1 Å². The van der Waals surface area contributed by atoms with Gasteiger partial charge in [0.2, 0.25) is 0 Å². The van der Waals surface area contributed by atoms with Crippen LogP contribution in [0.5, 0.6) is 0 Å². The number of carbonyl (C=O) groups is 1. The summed E-state index contributed by atoms with van der Waals surface area (Å²) >= 11 is 0. The number of amides is 2. The Kier molecular flexibility index (Phi) is 5.65. The van der Waals surface area contributed by atoms with Crippen molar-refractivity contribution in [3.63, 3.8) is 0 Å². The molecule has 2 aromatic carbocycles. The summed E-state index contributed by atoms with van der Waals surface area (Å²) in [5.41, 5.74) is 3.42. The van der Waals surface area contributed by atoms with Gasteiger partial charge in [0.25, 0.3) is 0 Å². The lowest BCUT2D eigenvalue weighted by atomic mass is 10.2. The van der Waals surface area contributed by atoms with Crippen LogP contribution in [0.25, 0.3) is 0 Å². The second kappa shape index (κ2) is 8.50. The van der Waals surface area contributed by atoms with Crippen molar-refractivity contribution in [1.29, 1.82) is 0 Å². The fraction of sp³-hybridized carbons (Fsp3) is 0.409. The van der Waals surface area contributed by atoms with Crippen molar-refractivity contribution in [3.05, 3.63) is 59.9 Å². The molecule has 0 spiro atoms. The molecule has 2 aliphatic heterocycles. The zero-order valence-electron chi connectivity index (χ0n) is 16.1. The summed E-state index contributed by atoms with van der Waals surface area (Å²) in [5.74, 6) is -0.264. The summed E-state index contributed by atoms with van der Waals surface area (Å²) in [6.45, 7) is 5.78. The number of halogens is 1. The first kappa shape index (κ1) is 18.6. The molecule has 0 bridgehead atoms. The molecule has 0 aliphatic carbocycles. The van der Waals surface area contributed by atoms with Crippen LogP contribution in [-0.2, 0) is 6.54 Å². The molecule has 2 saturated heterocycles. The van der Waals surface area contributed by atoms with Gasteiger partial charge in [-0.2, -0.15) is 0 Å². The maximum Gasteiger partial charge on any atom is 0.317 e. The summed E-state index contributed by atoms with van der Waals surface area (Å²) in [4.78, 5) is 19.0. The van der Waals surface area contributed by atoms with Crippen molar-refractivity contribution >= 4 is 17.4 Å². The van der Waals surface area contributed by atoms with Crippen LogP contribution in [0.15, 0.2) is 48.5 Å². The van der Waals surface area contributed by atoms with Gasteiger partial charge in [0.05, 0.1) is 0 Å². The Hall–Kier alpha value is -2.76. The fourth-order valence-corrected chi connectivity index (χ4v) is 3.91. The lowest BCUT2D eigenvalue weighted by Gasteiger charge is -2.36. The SMILES string of the molecule is O=C(NCc1ccc(F)cc1)N1CCN(c2ccc(N3CCCC3)cc2)CC1. The molecule has 2 fully saturated rings. The van der Waals surface area contributed by atoms with Crippen molar-refractivity contribution in [2.75, 3.05) is 49.1 Å². The van der Waals surface area contributed by atoms with Gasteiger partial charge in [-0.05, 0) is 54.8 Å². The van der Waals surface area contributed by atoms with Gasteiger partial charge in [-0.25, -0.2) is 9.18 Å². The molecule has 2 heterocycles. The number of anilines is 2. The lowest BCUT2D eigenvalue weighted by Crippen LogP contribution is -2.51. The van der Waals surface area contributed by atoms with Crippen LogP contribution in [0.1, 0.15) is 18.4 Å². The molecular formula is C22H27FN4O. The molecule has 0 unspecified atom stereocenters. The van der Waals surface area contributed by atoms with Crippen molar-refractivity contribution < 1.29 is 9.18 Å². The van der Waals surface area contributed by atoms with Gasteiger partial charge < -0.3 is 20.0 Å². The molecule has 2 amide bonds. The first-order chi connectivity index (χ1) is 13.7. The minimum Gasteiger partial charge on any atom is -0.372 e. The average molecular weight is 382 g/mol. The van der Waals surface area contributed by atoms with Crippen molar-refractivity contribution in [2.24, 2.45) is 0 Å². The largest absolute Gasteiger partial charge is 0.372 e. The van der Waals surface area contributed by atoms with Crippen LogP contribution in [0.4, 0.5) is 20.6 Å². The lowest BCUT2D eigenvalue weighted by molar-refractivity contribution is 0.194. The molecule has 0 atom stereocenters.